The molecule has 1 aromatic heterocycles. The van der Waals surface area contributed by atoms with Crippen molar-refractivity contribution in [2.75, 3.05) is 18.8 Å². The summed E-state index contributed by atoms with van der Waals surface area (Å²) in [5.74, 6) is 0. The van der Waals surface area contributed by atoms with Gasteiger partial charge in [-0.25, -0.2) is 0 Å². The van der Waals surface area contributed by atoms with E-state index in [-0.39, 0.29) is 0 Å². The Morgan fingerprint density at radius 1 is 1.25 bits per heavy atom. The van der Waals surface area contributed by atoms with E-state index in [1.54, 1.807) is 0 Å². The molecule has 1 aliphatic heterocycles. The Hall–Kier alpha value is -1.48. The zero-order valence-corrected chi connectivity index (χ0v) is 9.37. The largest absolute Gasteiger partial charge is 0.397 e. The Kier molecular flexibility index (Phi) is 2.33. The minimum atomic E-state index is 0.838. The molecule has 0 atom stereocenters. The highest BCUT2D eigenvalue weighted by molar-refractivity contribution is 5.92. The summed E-state index contributed by atoms with van der Waals surface area (Å²) >= 11 is 0. The molecule has 0 unspecified atom stereocenters. The summed E-state index contributed by atoms with van der Waals surface area (Å²) < 4.78 is 0. The van der Waals surface area contributed by atoms with Crippen LogP contribution in [0.4, 0.5) is 5.69 Å². The number of H-pyrrole nitrogens is 1. The van der Waals surface area contributed by atoms with Crippen LogP contribution in [0.3, 0.4) is 0 Å². The molecule has 1 fully saturated rings. The van der Waals surface area contributed by atoms with Crippen molar-refractivity contribution in [2.45, 2.75) is 19.4 Å². The third-order valence-electron chi connectivity index (χ3n) is 3.43. The van der Waals surface area contributed by atoms with Gasteiger partial charge in [-0.3, -0.25) is 4.90 Å². The summed E-state index contributed by atoms with van der Waals surface area (Å²) in [5.41, 5.74) is 9.22. The van der Waals surface area contributed by atoms with Crippen molar-refractivity contribution < 1.29 is 0 Å². The van der Waals surface area contributed by atoms with Crippen molar-refractivity contribution in [1.82, 2.24) is 9.88 Å². The summed E-state index contributed by atoms with van der Waals surface area (Å²) in [6.45, 7) is 3.51. The molecule has 2 aromatic rings. The third kappa shape index (κ3) is 1.57. The van der Waals surface area contributed by atoms with Crippen LogP contribution >= 0.6 is 0 Å². The molecule has 0 aliphatic carbocycles. The second-order valence-corrected chi connectivity index (χ2v) is 4.57. The highest BCUT2D eigenvalue weighted by atomic mass is 15.1. The van der Waals surface area contributed by atoms with E-state index >= 15 is 0 Å². The fourth-order valence-electron chi connectivity index (χ4n) is 2.55. The maximum absolute atomic E-state index is 5.93. The van der Waals surface area contributed by atoms with Gasteiger partial charge in [-0.2, -0.15) is 0 Å². The van der Waals surface area contributed by atoms with E-state index < -0.39 is 0 Å². The Labute approximate surface area is 95.2 Å². The lowest BCUT2D eigenvalue weighted by Gasteiger charge is -2.13. The number of nitrogens with zero attached hydrogens (tertiary/aromatic N) is 1. The monoisotopic (exact) mass is 215 g/mol. The second-order valence-electron chi connectivity index (χ2n) is 4.57. The molecular formula is C13H17N3. The van der Waals surface area contributed by atoms with Crippen molar-refractivity contribution in [1.29, 1.82) is 0 Å². The first-order valence-electron chi connectivity index (χ1n) is 5.91. The van der Waals surface area contributed by atoms with Gasteiger partial charge in [-0.15, -0.1) is 0 Å². The lowest BCUT2D eigenvalue weighted by atomic mass is 10.1. The quantitative estimate of drug-likeness (QED) is 0.755. The lowest BCUT2D eigenvalue weighted by molar-refractivity contribution is 0.332. The Balaban J connectivity index is 1.94. The zero-order chi connectivity index (χ0) is 11.0. The summed E-state index contributed by atoms with van der Waals surface area (Å²) in [7, 11) is 0. The summed E-state index contributed by atoms with van der Waals surface area (Å²) in [5, 5.41) is 1.27. The van der Waals surface area contributed by atoms with Crippen LogP contribution in [0.15, 0.2) is 24.4 Å². The topological polar surface area (TPSA) is 45.0 Å². The number of aromatic nitrogens is 1. The smallest absolute Gasteiger partial charge is 0.0690 e. The fraction of sp³-hybridized carbons (Fsp3) is 0.385. The number of hydrogen-bond acceptors (Lipinski definition) is 2. The predicted molar refractivity (Wildman–Crippen MR) is 67.2 cm³/mol. The number of rotatable bonds is 2. The van der Waals surface area contributed by atoms with E-state index in [0.29, 0.717) is 0 Å². The molecule has 1 aromatic carbocycles. The molecule has 0 spiro atoms. The average Bonchev–Trinajstić information content (AvgIpc) is 2.90. The SMILES string of the molecule is Nc1cccc2c(CN3CCCC3)c[nH]c12. The van der Waals surface area contributed by atoms with Crippen LogP contribution in [0.25, 0.3) is 10.9 Å². The summed E-state index contributed by atoms with van der Waals surface area (Å²) in [4.78, 5) is 5.78. The van der Waals surface area contributed by atoms with Crippen LogP contribution in [-0.2, 0) is 6.54 Å². The predicted octanol–water partition coefficient (Wildman–Crippen LogP) is 2.35. The van der Waals surface area contributed by atoms with Gasteiger partial charge in [0.05, 0.1) is 11.2 Å². The van der Waals surface area contributed by atoms with Crippen LogP contribution in [0, 0.1) is 0 Å². The van der Waals surface area contributed by atoms with Gasteiger partial charge >= 0.3 is 0 Å². The third-order valence-corrected chi connectivity index (χ3v) is 3.43. The van der Waals surface area contributed by atoms with Gasteiger partial charge in [0.25, 0.3) is 0 Å². The van der Waals surface area contributed by atoms with Gasteiger partial charge in [0.2, 0.25) is 0 Å². The van der Waals surface area contributed by atoms with Crippen LogP contribution in [0.5, 0.6) is 0 Å². The van der Waals surface area contributed by atoms with E-state index in [1.807, 2.05) is 12.1 Å². The number of anilines is 1. The molecule has 0 radical (unpaired) electrons. The van der Waals surface area contributed by atoms with Gasteiger partial charge in [0.1, 0.15) is 0 Å². The molecule has 0 bridgehead atoms. The van der Waals surface area contributed by atoms with Gasteiger partial charge in [0.15, 0.2) is 0 Å². The number of nitrogens with two attached hydrogens (primary N) is 1. The molecule has 84 valence electrons. The molecular weight excluding hydrogens is 198 g/mol. The zero-order valence-electron chi connectivity index (χ0n) is 9.37. The summed E-state index contributed by atoms with van der Waals surface area (Å²) in [6.07, 6.45) is 4.77. The van der Waals surface area contributed by atoms with E-state index in [9.17, 15) is 0 Å². The number of benzene rings is 1. The normalized spacial score (nSPS) is 17.2. The van der Waals surface area contributed by atoms with E-state index in [1.165, 1.54) is 36.9 Å². The molecule has 0 amide bonds. The van der Waals surface area contributed by atoms with Gasteiger partial charge in [-0.1, -0.05) is 12.1 Å². The average molecular weight is 215 g/mol. The molecule has 1 saturated heterocycles. The van der Waals surface area contributed by atoms with E-state index in [4.69, 9.17) is 5.73 Å². The highest BCUT2D eigenvalue weighted by Gasteiger charge is 2.14. The van der Waals surface area contributed by atoms with E-state index in [2.05, 4.69) is 22.1 Å². The Bertz CT molecular complexity index is 495. The lowest BCUT2D eigenvalue weighted by Crippen LogP contribution is -2.17. The van der Waals surface area contributed by atoms with Crippen LogP contribution in [0.1, 0.15) is 18.4 Å². The van der Waals surface area contributed by atoms with Gasteiger partial charge in [0, 0.05) is 18.1 Å². The van der Waals surface area contributed by atoms with Crippen molar-refractivity contribution in [3.63, 3.8) is 0 Å². The van der Waals surface area contributed by atoms with E-state index in [0.717, 1.165) is 17.7 Å². The standard InChI is InChI=1S/C13H17N3/c14-12-5-3-4-11-10(8-15-13(11)12)9-16-6-1-2-7-16/h3-5,8,15H,1-2,6-7,9,14H2. The Morgan fingerprint density at radius 3 is 2.88 bits per heavy atom. The first kappa shape index (κ1) is 9.73. The molecule has 16 heavy (non-hydrogen) atoms. The van der Waals surface area contributed by atoms with Crippen molar-refractivity contribution >= 4 is 16.6 Å². The van der Waals surface area contributed by atoms with Crippen molar-refractivity contribution in [3.8, 4) is 0 Å². The van der Waals surface area contributed by atoms with Crippen molar-refractivity contribution in [2.24, 2.45) is 0 Å². The number of nitrogen functional groups attached to an aromatic ring is 1. The minimum absolute atomic E-state index is 0.838. The summed E-state index contributed by atoms with van der Waals surface area (Å²) in [6, 6.07) is 6.12. The van der Waals surface area contributed by atoms with Gasteiger partial charge < -0.3 is 10.7 Å². The van der Waals surface area contributed by atoms with Crippen LogP contribution in [0.2, 0.25) is 0 Å². The molecule has 3 nitrogen and oxygen atoms in total. The van der Waals surface area contributed by atoms with Crippen LogP contribution < -0.4 is 5.73 Å². The first-order chi connectivity index (χ1) is 7.84. The Morgan fingerprint density at radius 2 is 2.06 bits per heavy atom. The molecule has 3 heteroatoms. The number of aromatic amines is 1. The molecule has 1 aliphatic rings. The number of fused-ring (bicyclic) bond motifs is 1. The fourth-order valence-corrected chi connectivity index (χ4v) is 2.55. The van der Waals surface area contributed by atoms with Crippen LogP contribution in [-0.4, -0.2) is 23.0 Å². The molecule has 0 saturated carbocycles. The number of likely N-dealkylation sites (tertiary alicyclic amines) is 1. The second kappa shape index (κ2) is 3.83. The highest BCUT2D eigenvalue weighted by Crippen LogP contribution is 2.25. The number of para-hydroxylation sites is 1. The maximum atomic E-state index is 5.93. The first-order valence-corrected chi connectivity index (χ1v) is 5.91. The molecule has 3 rings (SSSR count). The van der Waals surface area contributed by atoms with Crippen molar-refractivity contribution in [3.05, 3.63) is 30.0 Å². The van der Waals surface area contributed by atoms with Gasteiger partial charge in [-0.05, 0) is 37.6 Å². The number of hydrogen-bond donors (Lipinski definition) is 2. The minimum Gasteiger partial charge on any atom is -0.397 e. The molecule has 2 heterocycles. The maximum Gasteiger partial charge on any atom is 0.0690 e. The molecule has 3 N–H and O–H groups in total. The number of nitrogens with one attached hydrogen (secondary N) is 1.